The predicted octanol–water partition coefficient (Wildman–Crippen LogP) is 4.32. The molecule has 23 heavy (non-hydrogen) atoms. The maximum atomic E-state index is 12.1. The summed E-state index contributed by atoms with van der Waals surface area (Å²) in [5, 5.41) is 3.41. The first-order chi connectivity index (χ1) is 11.0. The number of rotatable bonds is 7. The summed E-state index contributed by atoms with van der Waals surface area (Å²) in [6, 6.07) is 15.3. The normalized spacial score (nSPS) is 11.8. The molecule has 0 fully saturated rings. The number of hydrogen-bond acceptors (Lipinski definition) is 3. The summed E-state index contributed by atoms with van der Waals surface area (Å²) < 4.78 is 5.54. The third kappa shape index (κ3) is 6.16. The largest absolute Gasteiger partial charge is 0.492 e. The number of carbonyl (C=O) groups is 1. The van der Waals surface area contributed by atoms with Crippen LogP contribution < -0.4 is 10.1 Å². The zero-order valence-corrected chi connectivity index (χ0v) is 14.8. The van der Waals surface area contributed by atoms with E-state index in [1.165, 1.54) is 5.56 Å². The third-order valence-corrected chi connectivity index (χ3v) is 4.55. The van der Waals surface area contributed by atoms with Crippen molar-refractivity contribution in [1.29, 1.82) is 0 Å². The van der Waals surface area contributed by atoms with Crippen molar-refractivity contribution in [2.24, 2.45) is 0 Å². The first kappa shape index (κ1) is 17.7. The Morgan fingerprint density at radius 3 is 2.48 bits per heavy atom. The van der Waals surface area contributed by atoms with E-state index in [0.717, 1.165) is 10.6 Å². The van der Waals surface area contributed by atoms with E-state index in [-0.39, 0.29) is 11.2 Å². The first-order valence-electron chi connectivity index (χ1n) is 7.44. The number of nitrogens with one attached hydrogen (secondary N) is 1. The lowest BCUT2D eigenvalue weighted by molar-refractivity contribution is -0.120. The van der Waals surface area contributed by atoms with Gasteiger partial charge in [-0.25, -0.2) is 0 Å². The second-order valence-corrected chi connectivity index (χ2v) is 7.02. The number of ether oxygens (including phenoxy) is 1. The number of benzene rings is 2. The lowest BCUT2D eigenvalue weighted by Gasteiger charge is -2.12. The minimum absolute atomic E-state index is 0.00952. The summed E-state index contributed by atoms with van der Waals surface area (Å²) in [4.78, 5) is 13.2. The van der Waals surface area contributed by atoms with Gasteiger partial charge in [-0.1, -0.05) is 29.3 Å². The molecule has 0 spiro atoms. The van der Waals surface area contributed by atoms with Crippen molar-refractivity contribution < 1.29 is 9.53 Å². The number of aryl methyl sites for hydroxylation is 1. The Balaban J connectivity index is 1.69. The average molecular weight is 350 g/mol. The molecule has 1 N–H and O–H groups in total. The number of thioether (sulfide) groups is 1. The summed E-state index contributed by atoms with van der Waals surface area (Å²) in [5.74, 6) is 0.751. The summed E-state index contributed by atoms with van der Waals surface area (Å²) in [6.45, 7) is 4.85. The van der Waals surface area contributed by atoms with Crippen molar-refractivity contribution in [2.75, 3.05) is 13.2 Å². The molecule has 0 radical (unpaired) electrons. The predicted molar refractivity (Wildman–Crippen MR) is 96.5 cm³/mol. The zero-order valence-electron chi connectivity index (χ0n) is 13.2. The fraction of sp³-hybridized carbons (Fsp3) is 0.278. The number of carbonyl (C=O) groups excluding carboxylic acids is 1. The second kappa shape index (κ2) is 8.85. The van der Waals surface area contributed by atoms with E-state index >= 15 is 0 Å². The van der Waals surface area contributed by atoms with Gasteiger partial charge in [0.2, 0.25) is 5.91 Å². The van der Waals surface area contributed by atoms with Gasteiger partial charge in [-0.2, -0.15) is 0 Å². The summed E-state index contributed by atoms with van der Waals surface area (Å²) >= 11 is 7.36. The average Bonchev–Trinajstić information content (AvgIpc) is 2.55. The number of hydrogen-bond donors (Lipinski definition) is 1. The first-order valence-corrected chi connectivity index (χ1v) is 8.70. The van der Waals surface area contributed by atoms with Crippen LogP contribution >= 0.6 is 23.4 Å². The Bertz CT molecular complexity index is 628. The molecule has 5 heteroatoms. The van der Waals surface area contributed by atoms with Gasteiger partial charge in [0.15, 0.2) is 0 Å². The maximum absolute atomic E-state index is 12.1. The fourth-order valence-corrected chi connectivity index (χ4v) is 2.91. The molecular weight excluding hydrogens is 330 g/mol. The summed E-state index contributed by atoms with van der Waals surface area (Å²) in [5.41, 5.74) is 1.21. The number of amides is 1. The molecule has 1 atom stereocenters. The minimum Gasteiger partial charge on any atom is -0.492 e. The van der Waals surface area contributed by atoms with E-state index in [0.29, 0.717) is 18.2 Å². The second-order valence-electron chi connectivity index (χ2n) is 5.17. The van der Waals surface area contributed by atoms with Gasteiger partial charge in [-0.15, -0.1) is 11.8 Å². The van der Waals surface area contributed by atoms with Crippen molar-refractivity contribution in [3.05, 3.63) is 59.1 Å². The molecule has 0 saturated heterocycles. The molecule has 0 aliphatic carbocycles. The van der Waals surface area contributed by atoms with E-state index in [1.807, 2.05) is 38.1 Å². The Labute approximate surface area is 146 Å². The van der Waals surface area contributed by atoms with Crippen molar-refractivity contribution in [3.8, 4) is 5.75 Å². The highest BCUT2D eigenvalue weighted by atomic mass is 35.5. The maximum Gasteiger partial charge on any atom is 0.233 e. The highest BCUT2D eigenvalue weighted by Crippen LogP contribution is 2.23. The van der Waals surface area contributed by atoms with E-state index < -0.39 is 0 Å². The topological polar surface area (TPSA) is 38.3 Å². The number of halogens is 1. The van der Waals surface area contributed by atoms with E-state index in [4.69, 9.17) is 16.3 Å². The minimum atomic E-state index is -0.145. The molecular formula is C18H20ClNO2S. The Hall–Kier alpha value is -1.65. The molecule has 0 aromatic heterocycles. The molecule has 0 saturated carbocycles. The summed E-state index contributed by atoms with van der Waals surface area (Å²) in [6.07, 6.45) is 0. The van der Waals surface area contributed by atoms with Crippen molar-refractivity contribution in [3.63, 3.8) is 0 Å². The molecule has 2 rings (SSSR count). The molecule has 2 aromatic rings. The van der Waals surface area contributed by atoms with Crippen LogP contribution in [-0.4, -0.2) is 24.3 Å². The van der Waals surface area contributed by atoms with Gasteiger partial charge in [0.25, 0.3) is 0 Å². The lowest BCUT2D eigenvalue weighted by atomic mass is 10.2. The Morgan fingerprint density at radius 2 is 1.83 bits per heavy atom. The zero-order chi connectivity index (χ0) is 16.7. The van der Waals surface area contributed by atoms with Gasteiger partial charge >= 0.3 is 0 Å². The van der Waals surface area contributed by atoms with Crippen LogP contribution in [0.15, 0.2) is 53.4 Å². The molecule has 3 nitrogen and oxygen atoms in total. The molecule has 0 heterocycles. The van der Waals surface area contributed by atoms with E-state index in [1.54, 1.807) is 36.0 Å². The van der Waals surface area contributed by atoms with Crippen LogP contribution in [0.1, 0.15) is 12.5 Å². The molecule has 0 aliphatic rings. The highest BCUT2D eigenvalue weighted by Gasteiger charge is 2.13. The molecule has 1 amide bonds. The smallest absolute Gasteiger partial charge is 0.233 e. The van der Waals surface area contributed by atoms with Crippen LogP contribution in [0.5, 0.6) is 5.75 Å². The fourth-order valence-electron chi connectivity index (χ4n) is 1.89. The van der Waals surface area contributed by atoms with Gasteiger partial charge < -0.3 is 10.1 Å². The van der Waals surface area contributed by atoms with Gasteiger partial charge in [0.05, 0.1) is 11.8 Å². The van der Waals surface area contributed by atoms with Crippen LogP contribution in [0, 0.1) is 6.92 Å². The molecule has 0 unspecified atom stereocenters. The van der Waals surface area contributed by atoms with Crippen LogP contribution in [0.25, 0.3) is 0 Å². The van der Waals surface area contributed by atoms with Crippen LogP contribution in [0.4, 0.5) is 0 Å². The Morgan fingerprint density at radius 1 is 1.17 bits per heavy atom. The van der Waals surface area contributed by atoms with Crippen LogP contribution in [0.2, 0.25) is 5.02 Å². The van der Waals surface area contributed by atoms with E-state index in [9.17, 15) is 4.79 Å². The van der Waals surface area contributed by atoms with E-state index in [2.05, 4.69) is 5.32 Å². The standard InChI is InChI=1S/C18H20ClNO2S/c1-13-3-9-17(10-4-13)23-14(2)18(21)20-11-12-22-16-7-5-15(19)6-8-16/h3-10,14H,11-12H2,1-2H3,(H,20,21)/t14-/m1/s1. The van der Waals surface area contributed by atoms with Crippen molar-refractivity contribution >= 4 is 29.3 Å². The monoisotopic (exact) mass is 349 g/mol. The van der Waals surface area contributed by atoms with Gasteiger partial charge in [0, 0.05) is 9.92 Å². The van der Waals surface area contributed by atoms with Crippen LogP contribution in [0.3, 0.4) is 0 Å². The molecule has 2 aromatic carbocycles. The quantitative estimate of drug-likeness (QED) is 0.597. The SMILES string of the molecule is Cc1ccc(S[C@H](C)C(=O)NCCOc2ccc(Cl)cc2)cc1. The Kier molecular flexibility index (Phi) is 6.81. The third-order valence-electron chi connectivity index (χ3n) is 3.19. The van der Waals surface area contributed by atoms with Gasteiger partial charge in [-0.3, -0.25) is 4.79 Å². The van der Waals surface area contributed by atoms with Crippen molar-refractivity contribution in [2.45, 2.75) is 24.0 Å². The van der Waals surface area contributed by atoms with Gasteiger partial charge in [-0.05, 0) is 50.2 Å². The summed E-state index contributed by atoms with van der Waals surface area (Å²) in [7, 11) is 0. The lowest BCUT2D eigenvalue weighted by Crippen LogP contribution is -2.33. The molecule has 122 valence electrons. The highest BCUT2D eigenvalue weighted by molar-refractivity contribution is 8.00. The molecule has 0 bridgehead atoms. The molecule has 0 aliphatic heterocycles. The van der Waals surface area contributed by atoms with Crippen molar-refractivity contribution in [1.82, 2.24) is 5.32 Å². The van der Waals surface area contributed by atoms with Crippen LogP contribution in [-0.2, 0) is 4.79 Å². The van der Waals surface area contributed by atoms with Gasteiger partial charge in [0.1, 0.15) is 12.4 Å².